The first-order valence-corrected chi connectivity index (χ1v) is 5.11. The van der Waals surface area contributed by atoms with Gasteiger partial charge in [-0.1, -0.05) is 30.3 Å². The van der Waals surface area contributed by atoms with E-state index in [0.29, 0.717) is 6.42 Å². The molecular formula is C10H11ClN4. The van der Waals surface area contributed by atoms with Gasteiger partial charge >= 0.3 is 0 Å². The molecule has 15 heavy (non-hydrogen) atoms. The van der Waals surface area contributed by atoms with Gasteiger partial charge in [0, 0.05) is 13.5 Å². The Morgan fingerprint density at radius 3 is 2.67 bits per heavy atom. The largest absolute Gasteiger partial charge is 0.233 e. The SMILES string of the molecule is Cn1nnnc1CC(Cl)c1ccccc1. The molecule has 0 radical (unpaired) electrons. The summed E-state index contributed by atoms with van der Waals surface area (Å²) in [6, 6.07) is 9.92. The Morgan fingerprint density at radius 2 is 2.07 bits per heavy atom. The van der Waals surface area contributed by atoms with Crippen LogP contribution in [0.1, 0.15) is 16.8 Å². The molecular weight excluding hydrogens is 212 g/mol. The van der Waals surface area contributed by atoms with Crippen molar-refractivity contribution in [3.05, 3.63) is 41.7 Å². The lowest BCUT2D eigenvalue weighted by Crippen LogP contribution is -2.03. The van der Waals surface area contributed by atoms with Crippen molar-refractivity contribution < 1.29 is 0 Å². The van der Waals surface area contributed by atoms with Gasteiger partial charge in [-0.05, 0) is 16.0 Å². The summed E-state index contributed by atoms with van der Waals surface area (Å²) in [6.45, 7) is 0. The van der Waals surface area contributed by atoms with Crippen molar-refractivity contribution in [2.45, 2.75) is 11.8 Å². The van der Waals surface area contributed by atoms with Crippen molar-refractivity contribution in [2.24, 2.45) is 7.05 Å². The normalized spacial score (nSPS) is 12.7. The number of aromatic nitrogens is 4. The second kappa shape index (κ2) is 4.40. The third-order valence-corrected chi connectivity index (χ3v) is 2.64. The Labute approximate surface area is 92.9 Å². The molecule has 0 N–H and O–H groups in total. The van der Waals surface area contributed by atoms with Crippen LogP contribution in [0.4, 0.5) is 0 Å². The minimum atomic E-state index is -0.0871. The van der Waals surface area contributed by atoms with E-state index in [2.05, 4.69) is 15.5 Å². The molecule has 0 aliphatic carbocycles. The van der Waals surface area contributed by atoms with E-state index in [-0.39, 0.29) is 5.38 Å². The van der Waals surface area contributed by atoms with Crippen LogP contribution in [-0.2, 0) is 13.5 Å². The van der Waals surface area contributed by atoms with Gasteiger partial charge in [-0.2, -0.15) is 0 Å². The number of benzene rings is 1. The van der Waals surface area contributed by atoms with Gasteiger partial charge in [0.2, 0.25) is 0 Å². The van der Waals surface area contributed by atoms with Crippen LogP contribution in [0.2, 0.25) is 0 Å². The molecule has 1 heterocycles. The number of hydrogen-bond donors (Lipinski definition) is 0. The molecule has 0 bridgehead atoms. The summed E-state index contributed by atoms with van der Waals surface area (Å²) in [5, 5.41) is 11.1. The van der Waals surface area contributed by atoms with Gasteiger partial charge in [0.1, 0.15) is 0 Å². The molecule has 78 valence electrons. The van der Waals surface area contributed by atoms with E-state index in [4.69, 9.17) is 11.6 Å². The van der Waals surface area contributed by atoms with Crippen LogP contribution in [-0.4, -0.2) is 20.2 Å². The second-order valence-electron chi connectivity index (χ2n) is 3.30. The Balaban J connectivity index is 2.11. The Bertz CT molecular complexity index is 426. The second-order valence-corrected chi connectivity index (χ2v) is 3.83. The number of alkyl halides is 1. The van der Waals surface area contributed by atoms with E-state index in [1.165, 1.54) is 0 Å². The fourth-order valence-corrected chi connectivity index (χ4v) is 1.64. The van der Waals surface area contributed by atoms with Crippen LogP contribution < -0.4 is 0 Å². The van der Waals surface area contributed by atoms with Gasteiger partial charge in [0.25, 0.3) is 0 Å². The van der Waals surface area contributed by atoms with Crippen molar-refractivity contribution in [3.8, 4) is 0 Å². The van der Waals surface area contributed by atoms with Crippen molar-refractivity contribution in [3.63, 3.8) is 0 Å². The summed E-state index contributed by atoms with van der Waals surface area (Å²) < 4.78 is 1.64. The zero-order chi connectivity index (χ0) is 10.7. The van der Waals surface area contributed by atoms with E-state index in [0.717, 1.165) is 11.4 Å². The van der Waals surface area contributed by atoms with E-state index >= 15 is 0 Å². The number of hydrogen-bond acceptors (Lipinski definition) is 3. The Kier molecular flexibility index (Phi) is 2.97. The zero-order valence-corrected chi connectivity index (χ0v) is 9.09. The predicted octanol–water partition coefficient (Wildman–Crippen LogP) is 1.73. The lowest BCUT2D eigenvalue weighted by atomic mass is 10.1. The molecule has 2 aromatic rings. The van der Waals surface area contributed by atoms with Crippen LogP contribution in [0, 0.1) is 0 Å². The highest BCUT2D eigenvalue weighted by Gasteiger charge is 2.12. The average molecular weight is 223 g/mol. The number of aryl methyl sites for hydroxylation is 1. The first-order valence-electron chi connectivity index (χ1n) is 4.67. The maximum absolute atomic E-state index is 6.26. The van der Waals surface area contributed by atoms with Crippen molar-refractivity contribution in [1.29, 1.82) is 0 Å². The van der Waals surface area contributed by atoms with Crippen LogP contribution in [0.3, 0.4) is 0 Å². The molecule has 0 amide bonds. The molecule has 1 atom stereocenters. The first-order chi connectivity index (χ1) is 7.27. The average Bonchev–Trinajstić information content (AvgIpc) is 2.66. The summed E-state index contributed by atoms with van der Waals surface area (Å²) in [5.74, 6) is 0.791. The molecule has 1 unspecified atom stereocenters. The molecule has 1 aromatic carbocycles. The van der Waals surface area contributed by atoms with Crippen LogP contribution in [0.5, 0.6) is 0 Å². The molecule has 0 fully saturated rings. The van der Waals surface area contributed by atoms with E-state index in [1.807, 2.05) is 37.4 Å². The number of tetrazole rings is 1. The fourth-order valence-electron chi connectivity index (χ4n) is 1.36. The first kappa shape index (κ1) is 10.1. The highest BCUT2D eigenvalue weighted by Crippen LogP contribution is 2.23. The summed E-state index contributed by atoms with van der Waals surface area (Å²) in [6.07, 6.45) is 0.634. The van der Waals surface area contributed by atoms with Gasteiger partial charge in [0.05, 0.1) is 5.38 Å². The molecule has 0 saturated heterocycles. The number of halogens is 1. The summed E-state index contributed by atoms with van der Waals surface area (Å²) >= 11 is 6.26. The quantitative estimate of drug-likeness (QED) is 0.743. The van der Waals surface area contributed by atoms with Gasteiger partial charge in [-0.3, -0.25) is 0 Å². The maximum atomic E-state index is 6.26. The van der Waals surface area contributed by atoms with Crippen molar-refractivity contribution in [2.75, 3.05) is 0 Å². The predicted molar refractivity (Wildman–Crippen MR) is 57.5 cm³/mol. The maximum Gasteiger partial charge on any atom is 0.152 e. The third-order valence-electron chi connectivity index (χ3n) is 2.23. The molecule has 0 aliphatic rings. The Morgan fingerprint density at radius 1 is 1.33 bits per heavy atom. The molecule has 4 nitrogen and oxygen atoms in total. The Hall–Kier alpha value is -1.42. The van der Waals surface area contributed by atoms with Crippen molar-refractivity contribution in [1.82, 2.24) is 20.2 Å². The smallest absolute Gasteiger partial charge is 0.152 e. The molecule has 5 heteroatoms. The van der Waals surface area contributed by atoms with E-state index < -0.39 is 0 Å². The van der Waals surface area contributed by atoms with Gasteiger partial charge < -0.3 is 0 Å². The van der Waals surface area contributed by atoms with E-state index in [9.17, 15) is 0 Å². The van der Waals surface area contributed by atoms with Gasteiger partial charge in [-0.25, -0.2) is 4.68 Å². The minimum Gasteiger partial charge on any atom is -0.233 e. The fraction of sp³-hybridized carbons (Fsp3) is 0.300. The van der Waals surface area contributed by atoms with Crippen molar-refractivity contribution >= 4 is 11.6 Å². The highest BCUT2D eigenvalue weighted by molar-refractivity contribution is 6.20. The monoisotopic (exact) mass is 222 g/mol. The summed E-state index contributed by atoms with van der Waals surface area (Å²) in [4.78, 5) is 0. The summed E-state index contributed by atoms with van der Waals surface area (Å²) in [7, 11) is 1.81. The molecule has 0 aliphatic heterocycles. The zero-order valence-electron chi connectivity index (χ0n) is 8.34. The van der Waals surface area contributed by atoms with Gasteiger partial charge in [0.15, 0.2) is 5.82 Å². The third kappa shape index (κ3) is 2.33. The van der Waals surface area contributed by atoms with Gasteiger partial charge in [-0.15, -0.1) is 16.7 Å². The molecule has 0 saturated carbocycles. The van der Waals surface area contributed by atoms with Crippen LogP contribution >= 0.6 is 11.6 Å². The molecule has 1 aromatic heterocycles. The minimum absolute atomic E-state index is 0.0871. The van der Waals surface area contributed by atoms with Crippen LogP contribution in [0.25, 0.3) is 0 Å². The summed E-state index contributed by atoms with van der Waals surface area (Å²) in [5.41, 5.74) is 1.09. The standard InChI is InChI=1S/C10H11ClN4/c1-15-10(12-13-14-15)7-9(11)8-5-3-2-4-6-8/h2-6,9H,7H2,1H3. The van der Waals surface area contributed by atoms with E-state index in [1.54, 1.807) is 4.68 Å². The number of nitrogens with zero attached hydrogens (tertiary/aromatic N) is 4. The highest BCUT2D eigenvalue weighted by atomic mass is 35.5. The lowest BCUT2D eigenvalue weighted by molar-refractivity contribution is 0.668. The van der Waals surface area contributed by atoms with Crippen LogP contribution in [0.15, 0.2) is 30.3 Å². The lowest BCUT2D eigenvalue weighted by Gasteiger charge is -2.07. The molecule has 0 spiro atoms. The number of rotatable bonds is 3. The topological polar surface area (TPSA) is 43.6 Å². The molecule has 2 rings (SSSR count).